The summed E-state index contributed by atoms with van der Waals surface area (Å²) in [5.41, 5.74) is 0. The van der Waals surface area contributed by atoms with Gasteiger partial charge in [0.05, 0.1) is 0 Å². The zero-order valence-electron chi connectivity index (χ0n) is 12.2. The zero-order chi connectivity index (χ0) is 12.4. The molecule has 0 amide bonds. The van der Waals surface area contributed by atoms with E-state index in [-0.39, 0.29) is 0 Å². The molecule has 0 saturated heterocycles. The van der Waals surface area contributed by atoms with Gasteiger partial charge in [-0.2, -0.15) is 0 Å². The number of hydrogen-bond acceptors (Lipinski definition) is 1. The van der Waals surface area contributed by atoms with Crippen molar-refractivity contribution in [3.8, 4) is 0 Å². The van der Waals surface area contributed by atoms with Crippen LogP contribution < -0.4 is 5.32 Å². The van der Waals surface area contributed by atoms with Gasteiger partial charge in [0, 0.05) is 12.1 Å². The van der Waals surface area contributed by atoms with Gasteiger partial charge in [-0.25, -0.2) is 0 Å². The summed E-state index contributed by atoms with van der Waals surface area (Å²) in [5.74, 6) is 3.07. The largest absolute Gasteiger partial charge is 0.311 e. The number of hydrogen-bond donors (Lipinski definition) is 1. The van der Waals surface area contributed by atoms with Gasteiger partial charge in [0.2, 0.25) is 0 Å². The van der Waals surface area contributed by atoms with Crippen molar-refractivity contribution < 1.29 is 0 Å². The van der Waals surface area contributed by atoms with Crippen LogP contribution in [-0.2, 0) is 0 Å². The summed E-state index contributed by atoms with van der Waals surface area (Å²) >= 11 is 0. The third kappa shape index (κ3) is 2.76. The van der Waals surface area contributed by atoms with Crippen LogP contribution in [-0.4, -0.2) is 12.1 Å². The van der Waals surface area contributed by atoms with Crippen LogP contribution in [0, 0.1) is 17.8 Å². The molecule has 1 heteroatoms. The molecule has 1 N–H and O–H groups in total. The highest BCUT2D eigenvalue weighted by Gasteiger charge is 2.39. The molecule has 0 aromatic carbocycles. The smallest absolute Gasteiger partial charge is 0.0101 e. The molecule has 18 heavy (non-hydrogen) atoms. The second kappa shape index (κ2) is 5.94. The fraction of sp³-hybridized carbons (Fsp3) is 1.00. The Morgan fingerprint density at radius 3 is 2.11 bits per heavy atom. The zero-order valence-corrected chi connectivity index (χ0v) is 12.2. The molecule has 0 aromatic heterocycles. The second-order valence-electron chi connectivity index (χ2n) is 7.27. The van der Waals surface area contributed by atoms with Crippen LogP contribution in [0.15, 0.2) is 0 Å². The molecule has 0 radical (unpaired) electrons. The molecular formula is C17H31N. The lowest BCUT2D eigenvalue weighted by Crippen LogP contribution is -2.50. The summed E-state index contributed by atoms with van der Waals surface area (Å²) in [6, 6.07) is 1.73. The van der Waals surface area contributed by atoms with E-state index >= 15 is 0 Å². The Hall–Kier alpha value is -0.0400. The van der Waals surface area contributed by atoms with Crippen LogP contribution in [0.2, 0.25) is 0 Å². The molecule has 4 unspecified atom stereocenters. The highest BCUT2D eigenvalue weighted by Crippen LogP contribution is 2.44. The first-order chi connectivity index (χ1) is 8.84. The number of nitrogens with one attached hydrogen (secondary N) is 1. The molecule has 0 heterocycles. The molecule has 104 valence electrons. The van der Waals surface area contributed by atoms with Gasteiger partial charge in [0.15, 0.2) is 0 Å². The van der Waals surface area contributed by atoms with Crippen molar-refractivity contribution in [1.29, 1.82) is 0 Å². The molecule has 3 aliphatic carbocycles. The molecule has 3 fully saturated rings. The molecule has 0 bridgehead atoms. The summed E-state index contributed by atoms with van der Waals surface area (Å²) in [7, 11) is 0. The average molecular weight is 249 g/mol. The second-order valence-corrected chi connectivity index (χ2v) is 7.27. The Labute approximate surface area is 113 Å². The van der Waals surface area contributed by atoms with Gasteiger partial charge in [-0.05, 0) is 56.3 Å². The van der Waals surface area contributed by atoms with Crippen LogP contribution in [0.3, 0.4) is 0 Å². The van der Waals surface area contributed by atoms with Crippen molar-refractivity contribution in [1.82, 2.24) is 5.32 Å². The third-order valence-corrected chi connectivity index (χ3v) is 6.11. The Morgan fingerprint density at radius 2 is 1.33 bits per heavy atom. The molecular weight excluding hydrogens is 218 g/mol. The lowest BCUT2D eigenvalue weighted by atomic mass is 9.64. The predicted octanol–water partition coefficient (Wildman–Crippen LogP) is 4.51. The number of rotatable bonds is 2. The Bertz CT molecular complexity index is 256. The molecule has 3 saturated carbocycles. The normalized spacial score (nSPS) is 42.5. The summed E-state index contributed by atoms with van der Waals surface area (Å²) in [6.45, 7) is 2.51. The quantitative estimate of drug-likeness (QED) is 0.759. The van der Waals surface area contributed by atoms with Crippen LogP contribution in [0.1, 0.15) is 77.6 Å². The first-order valence-corrected chi connectivity index (χ1v) is 8.60. The van der Waals surface area contributed by atoms with E-state index in [4.69, 9.17) is 0 Å². The maximum atomic E-state index is 4.08. The van der Waals surface area contributed by atoms with Crippen LogP contribution in [0.5, 0.6) is 0 Å². The minimum absolute atomic E-state index is 0.861. The maximum absolute atomic E-state index is 4.08. The van der Waals surface area contributed by atoms with E-state index in [1.165, 1.54) is 70.6 Å². The Morgan fingerprint density at radius 1 is 0.667 bits per heavy atom. The fourth-order valence-electron chi connectivity index (χ4n) is 5.04. The van der Waals surface area contributed by atoms with Gasteiger partial charge in [-0.1, -0.05) is 39.0 Å². The molecule has 3 rings (SSSR count). The Balaban J connectivity index is 1.60. The van der Waals surface area contributed by atoms with Gasteiger partial charge >= 0.3 is 0 Å². The van der Waals surface area contributed by atoms with E-state index in [9.17, 15) is 0 Å². The van der Waals surface area contributed by atoms with Crippen molar-refractivity contribution in [3.63, 3.8) is 0 Å². The summed E-state index contributed by atoms with van der Waals surface area (Å²) in [5, 5.41) is 4.08. The molecule has 3 aliphatic rings. The van der Waals surface area contributed by atoms with E-state index in [1.807, 2.05) is 0 Å². The summed E-state index contributed by atoms with van der Waals surface area (Å²) < 4.78 is 0. The van der Waals surface area contributed by atoms with Crippen molar-refractivity contribution in [2.75, 3.05) is 0 Å². The first kappa shape index (κ1) is 13.0. The average Bonchev–Trinajstić information content (AvgIpc) is 2.44. The summed E-state index contributed by atoms with van der Waals surface area (Å²) in [6.07, 6.45) is 16.3. The van der Waals surface area contributed by atoms with Gasteiger partial charge in [0.25, 0.3) is 0 Å². The van der Waals surface area contributed by atoms with Gasteiger partial charge in [-0.15, -0.1) is 0 Å². The highest BCUT2D eigenvalue weighted by molar-refractivity contribution is 4.93. The highest BCUT2D eigenvalue weighted by atomic mass is 15.0. The fourth-order valence-corrected chi connectivity index (χ4v) is 5.04. The predicted molar refractivity (Wildman–Crippen MR) is 77.6 cm³/mol. The van der Waals surface area contributed by atoms with Crippen molar-refractivity contribution in [2.45, 2.75) is 89.6 Å². The minimum Gasteiger partial charge on any atom is -0.311 e. The Kier molecular flexibility index (Phi) is 4.28. The molecule has 0 spiro atoms. The first-order valence-electron chi connectivity index (χ1n) is 8.60. The van der Waals surface area contributed by atoms with E-state index in [0.717, 1.165) is 29.8 Å². The van der Waals surface area contributed by atoms with E-state index in [1.54, 1.807) is 0 Å². The van der Waals surface area contributed by atoms with E-state index in [0.29, 0.717) is 0 Å². The molecule has 1 nitrogen and oxygen atoms in total. The van der Waals surface area contributed by atoms with Crippen LogP contribution in [0.25, 0.3) is 0 Å². The SMILES string of the molecule is CC1CCC(NC2CCCCC2)C2CCCCC12. The van der Waals surface area contributed by atoms with Crippen LogP contribution in [0.4, 0.5) is 0 Å². The van der Waals surface area contributed by atoms with Crippen molar-refractivity contribution in [2.24, 2.45) is 17.8 Å². The van der Waals surface area contributed by atoms with E-state index < -0.39 is 0 Å². The lowest BCUT2D eigenvalue weighted by Gasteiger charge is -2.46. The summed E-state index contributed by atoms with van der Waals surface area (Å²) in [4.78, 5) is 0. The maximum Gasteiger partial charge on any atom is 0.0101 e. The topological polar surface area (TPSA) is 12.0 Å². The molecule has 0 aliphatic heterocycles. The van der Waals surface area contributed by atoms with Crippen LogP contribution >= 0.6 is 0 Å². The monoisotopic (exact) mass is 249 g/mol. The van der Waals surface area contributed by atoms with Crippen molar-refractivity contribution in [3.05, 3.63) is 0 Å². The number of fused-ring (bicyclic) bond motifs is 1. The van der Waals surface area contributed by atoms with Crippen molar-refractivity contribution >= 4 is 0 Å². The van der Waals surface area contributed by atoms with Gasteiger partial charge in [0.1, 0.15) is 0 Å². The van der Waals surface area contributed by atoms with Gasteiger partial charge in [-0.3, -0.25) is 0 Å². The lowest BCUT2D eigenvalue weighted by molar-refractivity contribution is 0.0703. The van der Waals surface area contributed by atoms with Gasteiger partial charge < -0.3 is 5.32 Å². The minimum atomic E-state index is 0.861. The molecule has 4 atom stereocenters. The molecule has 0 aromatic rings. The van der Waals surface area contributed by atoms with E-state index in [2.05, 4.69) is 12.2 Å². The third-order valence-electron chi connectivity index (χ3n) is 6.11. The standard InChI is InChI=1S/C17H31N/c1-13-11-12-17(16-10-6-5-9-15(13)16)18-14-7-3-2-4-8-14/h13-18H,2-12H2,1H3.